The normalized spacial score (nSPS) is 11.8. The molecule has 0 aliphatic rings. The third-order valence-corrected chi connectivity index (χ3v) is 4.49. The molecule has 5 nitrogen and oxygen atoms in total. The van der Waals surface area contributed by atoms with E-state index in [0.29, 0.717) is 4.68 Å². The number of alkyl halides is 3. The highest BCUT2D eigenvalue weighted by atomic mass is 32.1. The monoisotopic (exact) mass is 378 g/mol. The Labute approximate surface area is 150 Å². The van der Waals surface area contributed by atoms with Gasteiger partial charge in [-0.25, -0.2) is 10.1 Å². The number of carbonyl (C=O) groups excluding carboxylic acids is 1. The number of para-hydroxylation sites is 1. The third kappa shape index (κ3) is 3.67. The molecule has 0 aliphatic heterocycles. The van der Waals surface area contributed by atoms with E-state index in [4.69, 9.17) is 0 Å². The van der Waals surface area contributed by atoms with Crippen molar-refractivity contribution >= 4 is 23.5 Å². The summed E-state index contributed by atoms with van der Waals surface area (Å²) in [5, 5.41) is 9.32. The minimum absolute atomic E-state index is 0.205. The van der Waals surface area contributed by atoms with Crippen molar-refractivity contribution in [2.45, 2.75) is 13.1 Å². The molecule has 0 spiro atoms. The quantitative estimate of drug-likeness (QED) is 0.551. The number of nitrogens with zero attached hydrogens (tertiary/aromatic N) is 3. The van der Waals surface area contributed by atoms with Crippen molar-refractivity contribution in [1.29, 1.82) is 0 Å². The van der Waals surface area contributed by atoms with Gasteiger partial charge in [-0.05, 0) is 36.1 Å². The topological polar surface area (TPSA) is 59.3 Å². The maximum atomic E-state index is 13.5. The standard InChI is InChI=1S/C17H13F3N4OS/c1-11-7-8-26-14(11)10-21-23-16(25)13-9-22-24(15(13)17(18,19)20)12-5-3-2-4-6-12/h2-10H,1H3,(H,23,25)/b21-10-. The van der Waals surface area contributed by atoms with Crippen LogP contribution in [-0.2, 0) is 6.18 Å². The van der Waals surface area contributed by atoms with Crippen LogP contribution in [0.25, 0.3) is 5.69 Å². The van der Waals surface area contributed by atoms with Crippen LogP contribution >= 0.6 is 11.3 Å². The zero-order chi connectivity index (χ0) is 18.7. The van der Waals surface area contributed by atoms with Crippen molar-refractivity contribution in [3.8, 4) is 5.69 Å². The number of halogens is 3. The van der Waals surface area contributed by atoms with Gasteiger partial charge >= 0.3 is 6.18 Å². The van der Waals surface area contributed by atoms with Crippen LogP contribution in [-0.4, -0.2) is 21.9 Å². The molecule has 0 aliphatic carbocycles. The molecule has 0 unspecified atom stereocenters. The molecule has 1 aromatic carbocycles. The van der Waals surface area contributed by atoms with E-state index in [2.05, 4.69) is 15.6 Å². The predicted octanol–water partition coefficient (Wildman–Crippen LogP) is 4.02. The van der Waals surface area contributed by atoms with Crippen LogP contribution in [0, 0.1) is 6.92 Å². The zero-order valence-corrected chi connectivity index (χ0v) is 14.3. The molecule has 3 rings (SSSR count). The molecule has 0 bridgehead atoms. The van der Waals surface area contributed by atoms with Gasteiger partial charge in [-0.3, -0.25) is 4.79 Å². The van der Waals surface area contributed by atoms with E-state index in [-0.39, 0.29) is 5.69 Å². The Bertz CT molecular complexity index is 945. The van der Waals surface area contributed by atoms with Crippen molar-refractivity contribution in [2.75, 3.05) is 0 Å². The Balaban J connectivity index is 1.90. The van der Waals surface area contributed by atoms with Crippen molar-refractivity contribution in [1.82, 2.24) is 15.2 Å². The molecular weight excluding hydrogens is 365 g/mol. The van der Waals surface area contributed by atoms with E-state index in [1.54, 1.807) is 18.2 Å². The number of carbonyl (C=O) groups is 1. The number of hydrogen-bond donors (Lipinski definition) is 1. The van der Waals surface area contributed by atoms with Crippen molar-refractivity contribution in [2.24, 2.45) is 5.10 Å². The minimum Gasteiger partial charge on any atom is -0.267 e. The smallest absolute Gasteiger partial charge is 0.267 e. The number of hydrazone groups is 1. The summed E-state index contributed by atoms with van der Waals surface area (Å²) in [6.45, 7) is 1.87. The van der Waals surface area contributed by atoms with E-state index in [9.17, 15) is 18.0 Å². The first-order valence-corrected chi connectivity index (χ1v) is 8.34. The van der Waals surface area contributed by atoms with E-state index in [0.717, 1.165) is 16.6 Å². The van der Waals surface area contributed by atoms with Crippen LogP contribution in [0.15, 0.2) is 53.1 Å². The van der Waals surface area contributed by atoms with Crippen LogP contribution in [0.1, 0.15) is 26.5 Å². The van der Waals surface area contributed by atoms with Gasteiger partial charge in [-0.1, -0.05) is 18.2 Å². The van der Waals surface area contributed by atoms with Crippen molar-refractivity contribution < 1.29 is 18.0 Å². The second-order valence-corrected chi connectivity index (χ2v) is 6.27. The first-order chi connectivity index (χ1) is 12.4. The Hall–Kier alpha value is -2.94. The molecule has 0 atom stereocenters. The van der Waals surface area contributed by atoms with Gasteiger partial charge in [0.2, 0.25) is 0 Å². The molecule has 9 heteroatoms. The van der Waals surface area contributed by atoms with Gasteiger partial charge in [0, 0.05) is 4.88 Å². The van der Waals surface area contributed by atoms with E-state index in [1.807, 2.05) is 18.4 Å². The summed E-state index contributed by atoms with van der Waals surface area (Å²) in [6.07, 6.45) is -2.48. The highest BCUT2D eigenvalue weighted by Crippen LogP contribution is 2.33. The van der Waals surface area contributed by atoms with E-state index in [1.165, 1.54) is 29.7 Å². The van der Waals surface area contributed by atoms with Crippen LogP contribution in [0.3, 0.4) is 0 Å². The molecular formula is C17H13F3N4OS. The van der Waals surface area contributed by atoms with Crippen molar-refractivity contribution in [3.05, 3.63) is 69.7 Å². The van der Waals surface area contributed by atoms with Crippen LogP contribution in [0.2, 0.25) is 0 Å². The van der Waals surface area contributed by atoms with Crippen molar-refractivity contribution in [3.63, 3.8) is 0 Å². The summed E-state index contributed by atoms with van der Waals surface area (Å²) in [5.74, 6) is -0.982. The number of aryl methyl sites for hydroxylation is 1. The summed E-state index contributed by atoms with van der Waals surface area (Å²) < 4.78 is 41.2. The van der Waals surface area contributed by atoms with E-state index < -0.39 is 23.3 Å². The molecule has 2 aromatic heterocycles. The molecule has 0 radical (unpaired) electrons. The van der Waals surface area contributed by atoms with Gasteiger partial charge in [0.1, 0.15) is 0 Å². The van der Waals surface area contributed by atoms with Gasteiger partial charge in [0.05, 0.1) is 23.7 Å². The number of hydrogen-bond acceptors (Lipinski definition) is 4. The summed E-state index contributed by atoms with van der Waals surface area (Å²) in [5.41, 5.74) is 1.54. The fourth-order valence-electron chi connectivity index (χ4n) is 2.28. The molecule has 2 heterocycles. The molecule has 26 heavy (non-hydrogen) atoms. The highest BCUT2D eigenvalue weighted by Gasteiger charge is 2.40. The number of aromatic nitrogens is 2. The molecule has 1 N–H and O–H groups in total. The second kappa shape index (κ2) is 7.12. The number of rotatable bonds is 4. The first kappa shape index (κ1) is 17.9. The second-order valence-electron chi connectivity index (χ2n) is 5.32. The summed E-state index contributed by atoms with van der Waals surface area (Å²) >= 11 is 1.41. The lowest BCUT2D eigenvalue weighted by Crippen LogP contribution is -2.23. The predicted molar refractivity (Wildman–Crippen MR) is 92.7 cm³/mol. The summed E-state index contributed by atoms with van der Waals surface area (Å²) in [6, 6.07) is 9.67. The number of benzene rings is 1. The molecule has 0 saturated heterocycles. The van der Waals surface area contributed by atoms with Gasteiger partial charge < -0.3 is 0 Å². The SMILES string of the molecule is Cc1ccsc1/C=N\NC(=O)c1cnn(-c2ccccc2)c1C(F)(F)F. The Morgan fingerprint density at radius 1 is 1.27 bits per heavy atom. The largest absolute Gasteiger partial charge is 0.434 e. The van der Waals surface area contributed by atoms with Gasteiger partial charge in [-0.15, -0.1) is 11.3 Å². The highest BCUT2D eigenvalue weighted by molar-refractivity contribution is 7.11. The fraction of sp³-hybridized carbons (Fsp3) is 0.118. The Kier molecular flexibility index (Phi) is 4.90. The average Bonchev–Trinajstić information content (AvgIpc) is 3.22. The molecule has 0 saturated carbocycles. The number of thiophene rings is 1. The molecule has 1 amide bonds. The number of nitrogens with one attached hydrogen (secondary N) is 1. The lowest BCUT2D eigenvalue weighted by molar-refractivity contribution is -0.143. The van der Waals surface area contributed by atoms with E-state index >= 15 is 0 Å². The van der Waals surface area contributed by atoms with Gasteiger partial charge in [0.25, 0.3) is 5.91 Å². The molecule has 3 aromatic rings. The maximum Gasteiger partial charge on any atom is 0.434 e. The van der Waals surface area contributed by atoms with Gasteiger partial charge in [0.15, 0.2) is 5.69 Å². The first-order valence-electron chi connectivity index (χ1n) is 7.46. The zero-order valence-electron chi connectivity index (χ0n) is 13.5. The number of amides is 1. The van der Waals surface area contributed by atoms with Gasteiger partial charge in [-0.2, -0.15) is 23.4 Å². The lowest BCUT2D eigenvalue weighted by Gasteiger charge is -2.12. The minimum atomic E-state index is -4.76. The van der Waals surface area contributed by atoms with Crippen LogP contribution in [0.5, 0.6) is 0 Å². The molecule has 0 fully saturated rings. The van der Waals surface area contributed by atoms with Crippen LogP contribution in [0.4, 0.5) is 13.2 Å². The Morgan fingerprint density at radius 2 is 2.00 bits per heavy atom. The lowest BCUT2D eigenvalue weighted by atomic mass is 10.2. The summed E-state index contributed by atoms with van der Waals surface area (Å²) in [7, 11) is 0. The Morgan fingerprint density at radius 3 is 2.62 bits per heavy atom. The fourth-order valence-corrected chi connectivity index (χ4v) is 3.07. The third-order valence-electron chi connectivity index (χ3n) is 3.53. The molecule has 134 valence electrons. The van der Waals surface area contributed by atoms with Crippen LogP contribution < -0.4 is 5.43 Å². The average molecular weight is 378 g/mol. The maximum absolute atomic E-state index is 13.5. The summed E-state index contributed by atoms with van der Waals surface area (Å²) in [4.78, 5) is 13.0.